The van der Waals surface area contributed by atoms with E-state index in [0.717, 1.165) is 13.1 Å². The van der Waals surface area contributed by atoms with E-state index in [-0.39, 0.29) is 10.7 Å². The van der Waals surface area contributed by atoms with Crippen molar-refractivity contribution in [3.63, 3.8) is 0 Å². The van der Waals surface area contributed by atoms with Crippen LogP contribution in [0, 0.1) is 0 Å². The smallest absolute Gasteiger partial charge is 0.373 e. The molecule has 0 aromatic carbocycles. The maximum Gasteiger partial charge on any atom is 0.373 e. The molecule has 0 spiro atoms. The van der Waals surface area contributed by atoms with E-state index in [4.69, 9.17) is 4.42 Å². The van der Waals surface area contributed by atoms with E-state index in [9.17, 15) is 13.2 Å². The fourth-order valence-electron chi connectivity index (χ4n) is 2.59. The Morgan fingerprint density at radius 3 is 2.59 bits per heavy atom. The van der Waals surface area contributed by atoms with Crippen LogP contribution in [0.4, 0.5) is 0 Å². The number of hydrogen-bond acceptors (Lipinski definition) is 8. The second kappa shape index (κ2) is 8.42. The molecule has 0 bridgehead atoms. The van der Waals surface area contributed by atoms with Crippen LogP contribution >= 0.6 is 11.8 Å². The van der Waals surface area contributed by atoms with E-state index < -0.39 is 16.0 Å². The molecule has 1 saturated heterocycles. The maximum absolute atomic E-state index is 12.7. The summed E-state index contributed by atoms with van der Waals surface area (Å²) in [7, 11) is -0.244. The van der Waals surface area contributed by atoms with Crippen LogP contribution in [-0.2, 0) is 20.5 Å². The monoisotopic (exact) mass is 411 g/mol. The number of sulfonamides is 1. The Kier molecular flexibility index (Phi) is 6.20. The van der Waals surface area contributed by atoms with E-state index in [1.807, 2.05) is 7.05 Å². The lowest BCUT2D eigenvalue weighted by atomic mass is 10.4. The van der Waals surface area contributed by atoms with Gasteiger partial charge in [0.2, 0.25) is 15.8 Å². The lowest BCUT2D eigenvalue weighted by Gasteiger charge is -2.31. The summed E-state index contributed by atoms with van der Waals surface area (Å²) < 4.78 is 36.8. The Labute approximate surface area is 162 Å². The third-order valence-electron chi connectivity index (χ3n) is 4.22. The van der Waals surface area contributed by atoms with Gasteiger partial charge in [-0.1, -0.05) is 11.8 Å². The molecule has 1 fully saturated rings. The van der Waals surface area contributed by atoms with Gasteiger partial charge in [-0.25, -0.2) is 18.2 Å². The zero-order chi connectivity index (χ0) is 19.4. The molecule has 3 rings (SSSR count). The molecule has 1 aliphatic rings. The number of piperazine rings is 1. The molecule has 0 unspecified atom stereocenters. The standard InChI is InChI=1S/C17H21N3O5S2/c1-19-7-9-20(10-8-19)27(22,23)14-4-6-16(18-11-14)26-12-13-3-5-15(25-13)17(21)24-2/h3-6,11H,7-10,12H2,1-2H3. The zero-order valence-electron chi connectivity index (χ0n) is 15.1. The Morgan fingerprint density at radius 2 is 1.96 bits per heavy atom. The predicted octanol–water partition coefficient (Wildman–Crippen LogP) is 1.69. The number of pyridine rings is 1. The number of likely N-dealkylation sites (N-methyl/N-ethyl adjacent to an activating group) is 1. The van der Waals surface area contributed by atoms with Gasteiger partial charge in [0.1, 0.15) is 10.7 Å². The molecule has 0 aliphatic carbocycles. The normalized spacial score (nSPS) is 16.4. The predicted molar refractivity (Wildman–Crippen MR) is 100 cm³/mol. The molecule has 1 aliphatic heterocycles. The number of nitrogens with zero attached hydrogens (tertiary/aromatic N) is 3. The Morgan fingerprint density at radius 1 is 1.22 bits per heavy atom. The Bertz CT molecular complexity index is 888. The number of rotatable bonds is 6. The van der Waals surface area contributed by atoms with Gasteiger partial charge < -0.3 is 14.1 Å². The van der Waals surface area contributed by atoms with Crippen LogP contribution in [0.3, 0.4) is 0 Å². The van der Waals surface area contributed by atoms with Crippen LogP contribution < -0.4 is 0 Å². The number of carbonyl (C=O) groups excluding carboxylic acids is 1. The molecule has 10 heteroatoms. The fraction of sp³-hybridized carbons (Fsp3) is 0.412. The van der Waals surface area contributed by atoms with Gasteiger partial charge in [0.05, 0.1) is 17.9 Å². The van der Waals surface area contributed by atoms with E-state index in [1.54, 1.807) is 24.3 Å². The van der Waals surface area contributed by atoms with Crippen molar-refractivity contribution in [3.8, 4) is 0 Å². The fourth-order valence-corrected chi connectivity index (χ4v) is 4.70. The van der Waals surface area contributed by atoms with Gasteiger partial charge in [-0.15, -0.1) is 0 Å². The highest BCUT2D eigenvalue weighted by Crippen LogP contribution is 2.24. The van der Waals surface area contributed by atoms with Crippen LogP contribution in [0.2, 0.25) is 0 Å². The summed E-state index contributed by atoms with van der Waals surface area (Å²) in [6.07, 6.45) is 1.39. The average molecular weight is 412 g/mol. The van der Waals surface area contributed by atoms with E-state index >= 15 is 0 Å². The summed E-state index contributed by atoms with van der Waals surface area (Å²) in [5.74, 6) is 0.697. The van der Waals surface area contributed by atoms with E-state index in [1.165, 1.54) is 29.4 Å². The minimum absolute atomic E-state index is 0.148. The van der Waals surface area contributed by atoms with Crippen molar-refractivity contribution >= 4 is 27.8 Å². The molecular weight excluding hydrogens is 390 g/mol. The summed E-state index contributed by atoms with van der Waals surface area (Å²) >= 11 is 1.39. The van der Waals surface area contributed by atoms with Crippen LogP contribution in [0.5, 0.6) is 0 Å². The summed E-state index contributed by atoms with van der Waals surface area (Å²) in [4.78, 5) is 17.9. The van der Waals surface area contributed by atoms with Gasteiger partial charge >= 0.3 is 5.97 Å². The first-order chi connectivity index (χ1) is 12.9. The van der Waals surface area contributed by atoms with Gasteiger partial charge in [-0.2, -0.15) is 4.31 Å². The Balaban J connectivity index is 1.61. The van der Waals surface area contributed by atoms with Crippen molar-refractivity contribution in [3.05, 3.63) is 42.0 Å². The van der Waals surface area contributed by atoms with E-state index in [2.05, 4.69) is 14.6 Å². The van der Waals surface area contributed by atoms with Crippen LogP contribution in [0.15, 0.2) is 44.8 Å². The largest absolute Gasteiger partial charge is 0.463 e. The summed E-state index contributed by atoms with van der Waals surface area (Å²) in [6.45, 7) is 2.40. The molecule has 8 nitrogen and oxygen atoms in total. The van der Waals surface area contributed by atoms with Gasteiger partial charge in [-0.05, 0) is 31.3 Å². The first kappa shape index (κ1) is 19.9. The second-order valence-corrected chi connectivity index (χ2v) is 9.02. The van der Waals surface area contributed by atoms with Crippen LogP contribution in [-0.4, -0.2) is 68.9 Å². The molecule has 146 valence electrons. The highest BCUT2D eigenvalue weighted by molar-refractivity contribution is 7.98. The molecule has 2 aromatic rings. The molecule has 3 heterocycles. The molecule has 2 aromatic heterocycles. The third kappa shape index (κ3) is 4.70. The minimum Gasteiger partial charge on any atom is -0.463 e. The van der Waals surface area contributed by atoms with Gasteiger partial charge in [0.15, 0.2) is 0 Å². The van der Waals surface area contributed by atoms with Crippen molar-refractivity contribution in [2.45, 2.75) is 15.7 Å². The van der Waals surface area contributed by atoms with Crippen molar-refractivity contribution < 1.29 is 22.4 Å². The minimum atomic E-state index is -3.51. The van der Waals surface area contributed by atoms with Crippen molar-refractivity contribution in [1.29, 1.82) is 0 Å². The molecule has 0 radical (unpaired) electrons. The number of methoxy groups -OCH3 is 1. The maximum atomic E-state index is 12.7. The quantitative estimate of drug-likeness (QED) is 0.524. The van der Waals surface area contributed by atoms with Crippen molar-refractivity contribution in [2.24, 2.45) is 0 Å². The molecule has 0 atom stereocenters. The van der Waals surface area contributed by atoms with Crippen molar-refractivity contribution in [2.75, 3.05) is 40.3 Å². The molecule has 27 heavy (non-hydrogen) atoms. The van der Waals surface area contributed by atoms with Gasteiger partial charge in [0, 0.05) is 32.4 Å². The summed E-state index contributed by atoms with van der Waals surface area (Å²) in [6, 6.07) is 6.51. The number of hydrogen-bond donors (Lipinski definition) is 0. The highest BCUT2D eigenvalue weighted by Gasteiger charge is 2.27. The number of carbonyl (C=O) groups is 1. The number of furan rings is 1. The zero-order valence-corrected chi connectivity index (χ0v) is 16.8. The average Bonchev–Trinajstić information content (AvgIpc) is 3.15. The molecule has 0 saturated carbocycles. The number of esters is 1. The number of ether oxygens (including phenoxy) is 1. The summed E-state index contributed by atoms with van der Waals surface area (Å²) in [5, 5.41) is 0.670. The first-order valence-electron chi connectivity index (χ1n) is 8.35. The lowest BCUT2D eigenvalue weighted by Crippen LogP contribution is -2.47. The Hall–Kier alpha value is -1.88. The van der Waals surface area contributed by atoms with Gasteiger partial charge in [0.25, 0.3) is 0 Å². The highest BCUT2D eigenvalue weighted by atomic mass is 32.2. The summed E-state index contributed by atoms with van der Waals surface area (Å²) in [5.41, 5.74) is 0. The molecule has 0 amide bonds. The number of thioether (sulfide) groups is 1. The van der Waals surface area contributed by atoms with E-state index in [0.29, 0.717) is 29.6 Å². The SMILES string of the molecule is COC(=O)c1ccc(CSc2ccc(S(=O)(=O)N3CCN(C)CC3)cn2)o1. The second-order valence-electron chi connectivity index (χ2n) is 6.09. The third-order valence-corrected chi connectivity index (χ3v) is 7.07. The van der Waals surface area contributed by atoms with Crippen LogP contribution in [0.25, 0.3) is 0 Å². The molecular formula is C17H21N3O5S2. The lowest BCUT2D eigenvalue weighted by molar-refractivity contribution is 0.0563. The molecule has 0 N–H and O–H groups in total. The van der Waals surface area contributed by atoms with Crippen LogP contribution in [0.1, 0.15) is 16.3 Å². The van der Waals surface area contributed by atoms with Crippen molar-refractivity contribution in [1.82, 2.24) is 14.2 Å². The van der Waals surface area contributed by atoms with Gasteiger partial charge in [-0.3, -0.25) is 0 Å². The topological polar surface area (TPSA) is 93.0 Å². The number of aromatic nitrogens is 1. The first-order valence-corrected chi connectivity index (χ1v) is 10.8.